The molecule has 3 heteroatoms. The lowest BCUT2D eigenvalue weighted by molar-refractivity contribution is 0.516. The molecule has 0 bridgehead atoms. The molecular weight excluding hydrogens is 214 g/mol. The van der Waals surface area contributed by atoms with Gasteiger partial charge in [0.1, 0.15) is 0 Å². The molecular formula is C11H18ClNS. The predicted molar refractivity (Wildman–Crippen MR) is 65.4 cm³/mol. The van der Waals surface area contributed by atoms with E-state index in [1.54, 1.807) is 11.3 Å². The van der Waals surface area contributed by atoms with Crippen molar-refractivity contribution in [3.05, 3.63) is 20.8 Å². The molecule has 0 aliphatic heterocycles. The summed E-state index contributed by atoms with van der Waals surface area (Å²) in [6.07, 6.45) is 2.35. The summed E-state index contributed by atoms with van der Waals surface area (Å²) in [4.78, 5) is 1.30. The van der Waals surface area contributed by atoms with Crippen LogP contribution in [0.1, 0.15) is 43.2 Å². The molecule has 1 heterocycles. The molecule has 0 aliphatic rings. The molecule has 0 aromatic carbocycles. The van der Waals surface area contributed by atoms with Crippen molar-refractivity contribution in [2.45, 2.75) is 39.7 Å². The van der Waals surface area contributed by atoms with Crippen molar-refractivity contribution < 1.29 is 0 Å². The number of halogens is 1. The second kappa shape index (κ2) is 5.74. The molecule has 0 saturated carbocycles. The van der Waals surface area contributed by atoms with Crippen LogP contribution < -0.4 is 5.32 Å². The van der Waals surface area contributed by atoms with Crippen LogP contribution in [-0.4, -0.2) is 6.54 Å². The van der Waals surface area contributed by atoms with E-state index in [-0.39, 0.29) is 0 Å². The Bertz CT molecular complexity index is 277. The van der Waals surface area contributed by atoms with E-state index in [0.29, 0.717) is 6.04 Å². The summed E-state index contributed by atoms with van der Waals surface area (Å²) in [6.45, 7) is 7.41. The summed E-state index contributed by atoms with van der Waals surface area (Å²) in [5.41, 5.74) is 1.20. The van der Waals surface area contributed by atoms with E-state index >= 15 is 0 Å². The van der Waals surface area contributed by atoms with Crippen molar-refractivity contribution in [2.24, 2.45) is 0 Å². The highest BCUT2D eigenvalue weighted by Gasteiger charge is 2.15. The highest BCUT2D eigenvalue weighted by Crippen LogP contribution is 2.34. The Morgan fingerprint density at radius 2 is 2.21 bits per heavy atom. The molecule has 1 aromatic rings. The molecule has 0 saturated heterocycles. The van der Waals surface area contributed by atoms with Gasteiger partial charge in [0, 0.05) is 10.9 Å². The summed E-state index contributed by atoms with van der Waals surface area (Å²) < 4.78 is 0. The zero-order chi connectivity index (χ0) is 10.6. The molecule has 1 nitrogen and oxygen atoms in total. The first-order valence-corrected chi connectivity index (χ1v) is 6.43. The van der Waals surface area contributed by atoms with Crippen molar-refractivity contribution in [1.29, 1.82) is 0 Å². The topological polar surface area (TPSA) is 12.0 Å². The van der Waals surface area contributed by atoms with Crippen LogP contribution in [0.3, 0.4) is 0 Å². The second-order valence-electron chi connectivity index (χ2n) is 3.50. The van der Waals surface area contributed by atoms with Gasteiger partial charge in [0.15, 0.2) is 0 Å². The number of aryl methyl sites for hydroxylation is 1. The highest BCUT2D eigenvalue weighted by molar-refractivity contribution is 7.10. The van der Waals surface area contributed by atoms with Crippen LogP contribution >= 0.6 is 22.9 Å². The largest absolute Gasteiger partial charge is 0.309 e. The molecule has 0 aliphatic carbocycles. The predicted octanol–water partition coefficient (Wildman–Crippen LogP) is 4.16. The first-order chi connectivity index (χ1) is 6.70. The number of hydrogen-bond donors (Lipinski definition) is 1. The van der Waals surface area contributed by atoms with Crippen molar-refractivity contribution in [1.82, 2.24) is 5.32 Å². The molecule has 0 radical (unpaired) electrons. The number of rotatable bonds is 5. The average molecular weight is 232 g/mol. The third kappa shape index (κ3) is 2.72. The number of thiophene rings is 1. The maximum absolute atomic E-state index is 6.25. The smallest absolute Gasteiger partial charge is 0.0590 e. The summed E-state index contributed by atoms with van der Waals surface area (Å²) >= 11 is 8.02. The van der Waals surface area contributed by atoms with E-state index < -0.39 is 0 Å². The maximum atomic E-state index is 6.25. The van der Waals surface area contributed by atoms with E-state index in [9.17, 15) is 0 Å². The van der Waals surface area contributed by atoms with Crippen LogP contribution in [0.4, 0.5) is 0 Å². The molecule has 1 atom stereocenters. The lowest BCUT2D eigenvalue weighted by Crippen LogP contribution is -2.19. The van der Waals surface area contributed by atoms with Gasteiger partial charge in [0.2, 0.25) is 0 Å². The third-order valence-electron chi connectivity index (χ3n) is 2.27. The van der Waals surface area contributed by atoms with Gasteiger partial charge in [-0.25, -0.2) is 0 Å². The summed E-state index contributed by atoms with van der Waals surface area (Å²) in [5, 5.41) is 6.57. The van der Waals surface area contributed by atoms with E-state index in [1.807, 2.05) is 0 Å². The minimum absolute atomic E-state index is 0.441. The van der Waals surface area contributed by atoms with Gasteiger partial charge in [-0.1, -0.05) is 31.9 Å². The summed E-state index contributed by atoms with van der Waals surface area (Å²) in [5.74, 6) is 0. The van der Waals surface area contributed by atoms with E-state index in [0.717, 1.165) is 18.0 Å². The van der Waals surface area contributed by atoms with Crippen LogP contribution in [0.5, 0.6) is 0 Å². The third-order valence-corrected chi connectivity index (χ3v) is 4.10. The Hall–Kier alpha value is -0.0500. The Kier molecular flexibility index (Phi) is 4.93. The molecule has 80 valence electrons. The van der Waals surface area contributed by atoms with Gasteiger partial charge in [-0.2, -0.15) is 0 Å². The van der Waals surface area contributed by atoms with Crippen molar-refractivity contribution >= 4 is 22.9 Å². The fourth-order valence-electron chi connectivity index (χ4n) is 1.55. The van der Waals surface area contributed by atoms with Gasteiger partial charge < -0.3 is 5.32 Å². The van der Waals surface area contributed by atoms with Gasteiger partial charge in [0.25, 0.3) is 0 Å². The van der Waals surface area contributed by atoms with Crippen molar-refractivity contribution in [3.63, 3.8) is 0 Å². The first kappa shape index (κ1) is 12.0. The molecule has 0 spiro atoms. The Labute approximate surface area is 95.5 Å². The lowest BCUT2D eigenvalue weighted by Gasteiger charge is -2.16. The Morgan fingerprint density at radius 3 is 2.64 bits per heavy atom. The zero-order valence-corrected chi connectivity index (χ0v) is 10.6. The molecule has 1 N–H and O–H groups in total. The van der Waals surface area contributed by atoms with E-state index in [2.05, 4.69) is 31.5 Å². The summed E-state index contributed by atoms with van der Waals surface area (Å²) in [6, 6.07) is 0.441. The van der Waals surface area contributed by atoms with Gasteiger partial charge in [-0.05, 0) is 30.8 Å². The standard InChI is InChI=1S/C11H18ClNS/c1-4-6-9(13-5-2)11-10(12)8(3)7-14-11/h7,9,13H,4-6H2,1-3H3. The SMILES string of the molecule is CCCC(NCC)c1scc(C)c1Cl. The Morgan fingerprint density at radius 1 is 1.50 bits per heavy atom. The van der Waals surface area contributed by atoms with Gasteiger partial charge in [-0.3, -0.25) is 0 Å². The highest BCUT2D eigenvalue weighted by atomic mass is 35.5. The van der Waals surface area contributed by atoms with Crippen LogP contribution in [0.25, 0.3) is 0 Å². The molecule has 0 fully saturated rings. The number of hydrogen-bond acceptors (Lipinski definition) is 2. The molecule has 0 amide bonds. The fourth-order valence-corrected chi connectivity index (χ4v) is 2.98. The zero-order valence-electron chi connectivity index (χ0n) is 9.06. The normalized spacial score (nSPS) is 13.1. The first-order valence-electron chi connectivity index (χ1n) is 5.17. The van der Waals surface area contributed by atoms with Gasteiger partial charge in [-0.15, -0.1) is 11.3 Å². The minimum Gasteiger partial charge on any atom is -0.309 e. The van der Waals surface area contributed by atoms with Crippen molar-refractivity contribution in [3.8, 4) is 0 Å². The molecule has 1 rings (SSSR count). The van der Waals surface area contributed by atoms with E-state index in [4.69, 9.17) is 11.6 Å². The van der Waals surface area contributed by atoms with Crippen LogP contribution in [-0.2, 0) is 0 Å². The molecule has 1 unspecified atom stereocenters. The number of nitrogens with one attached hydrogen (secondary N) is 1. The minimum atomic E-state index is 0.441. The van der Waals surface area contributed by atoms with E-state index in [1.165, 1.54) is 16.9 Å². The quantitative estimate of drug-likeness (QED) is 0.803. The Balaban J connectivity index is 2.81. The van der Waals surface area contributed by atoms with Crippen LogP contribution in [0.2, 0.25) is 5.02 Å². The lowest BCUT2D eigenvalue weighted by atomic mass is 10.1. The summed E-state index contributed by atoms with van der Waals surface area (Å²) in [7, 11) is 0. The van der Waals surface area contributed by atoms with Crippen LogP contribution in [0.15, 0.2) is 5.38 Å². The average Bonchev–Trinajstić information content (AvgIpc) is 2.48. The van der Waals surface area contributed by atoms with Crippen molar-refractivity contribution in [2.75, 3.05) is 6.54 Å². The van der Waals surface area contributed by atoms with Gasteiger partial charge in [0.05, 0.1) is 5.02 Å². The molecule has 1 aromatic heterocycles. The molecule has 14 heavy (non-hydrogen) atoms. The fraction of sp³-hybridized carbons (Fsp3) is 0.636. The van der Waals surface area contributed by atoms with Crippen LogP contribution in [0, 0.1) is 6.92 Å². The van der Waals surface area contributed by atoms with Gasteiger partial charge >= 0.3 is 0 Å². The maximum Gasteiger partial charge on any atom is 0.0590 e. The monoisotopic (exact) mass is 231 g/mol. The second-order valence-corrected chi connectivity index (χ2v) is 4.79.